The van der Waals surface area contributed by atoms with Crippen LogP contribution >= 0.6 is 15.9 Å². The highest BCUT2D eigenvalue weighted by molar-refractivity contribution is 9.10. The molecule has 3 heteroatoms. The first-order chi connectivity index (χ1) is 7.29. The van der Waals surface area contributed by atoms with Gasteiger partial charge >= 0.3 is 0 Å². The van der Waals surface area contributed by atoms with Crippen LogP contribution in [0.2, 0.25) is 0 Å². The highest BCUT2D eigenvalue weighted by Crippen LogP contribution is 2.31. The molecule has 2 rings (SSSR count). The Morgan fingerprint density at radius 1 is 1.33 bits per heavy atom. The summed E-state index contributed by atoms with van der Waals surface area (Å²) in [5.41, 5.74) is 6.88. The van der Waals surface area contributed by atoms with E-state index in [2.05, 4.69) is 28.1 Å². The van der Waals surface area contributed by atoms with Crippen LogP contribution in [-0.2, 0) is 4.74 Å². The zero-order valence-electron chi connectivity index (χ0n) is 8.66. The van der Waals surface area contributed by atoms with Crippen molar-refractivity contribution in [1.82, 2.24) is 0 Å². The molecule has 0 bridgehead atoms. The van der Waals surface area contributed by atoms with Gasteiger partial charge in [0.05, 0.1) is 12.7 Å². The molecule has 2 N–H and O–H groups in total. The number of halogens is 1. The number of ether oxygens (including phenoxy) is 1. The van der Waals surface area contributed by atoms with Crippen molar-refractivity contribution in [3.05, 3.63) is 34.3 Å². The SMILES string of the molecule is NCC(OCC1CC1)c1ccc(Br)cc1. The zero-order valence-corrected chi connectivity index (χ0v) is 10.2. The molecule has 1 aromatic carbocycles. The van der Waals surface area contributed by atoms with Crippen molar-refractivity contribution in [1.29, 1.82) is 0 Å². The van der Waals surface area contributed by atoms with E-state index in [-0.39, 0.29) is 6.10 Å². The molecule has 0 heterocycles. The summed E-state index contributed by atoms with van der Waals surface area (Å²) < 4.78 is 6.89. The predicted octanol–water partition coefficient (Wildman–Crippen LogP) is 2.88. The Bertz CT molecular complexity index is 308. The van der Waals surface area contributed by atoms with Crippen LogP contribution < -0.4 is 5.73 Å². The number of hydrogen-bond donors (Lipinski definition) is 1. The smallest absolute Gasteiger partial charge is 0.0947 e. The third-order valence-electron chi connectivity index (χ3n) is 2.69. The molecule has 0 spiro atoms. The molecule has 1 aliphatic carbocycles. The lowest BCUT2D eigenvalue weighted by Gasteiger charge is -2.16. The molecule has 1 unspecified atom stereocenters. The normalized spacial score (nSPS) is 17.7. The fraction of sp³-hybridized carbons (Fsp3) is 0.500. The molecule has 0 aliphatic heterocycles. The molecule has 1 atom stereocenters. The number of nitrogens with two attached hydrogens (primary N) is 1. The maximum absolute atomic E-state index is 5.80. The van der Waals surface area contributed by atoms with Crippen molar-refractivity contribution in [3.63, 3.8) is 0 Å². The van der Waals surface area contributed by atoms with Gasteiger partial charge in [-0.25, -0.2) is 0 Å². The molecule has 0 radical (unpaired) electrons. The summed E-state index contributed by atoms with van der Waals surface area (Å²) in [6.07, 6.45) is 2.69. The summed E-state index contributed by atoms with van der Waals surface area (Å²) in [5.74, 6) is 0.787. The largest absolute Gasteiger partial charge is 0.372 e. The fourth-order valence-electron chi connectivity index (χ4n) is 1.51. The van der Waals surface area contributed by atoms with Gasteiger partial charge in [-0.15, -0.1) is 0 Å². The van der Waals surface area contributed by atoms with Crippen LogP contribution in [0.15, 0.2) is 28.7 Å². The van der Waals surface area contributed by atoms with Crippen molar-refractivity contribution < 1.29 is 4.74 Å². The number of benzene rings is 1. The van der Waals surface area contributed by atoms with Crippen molar-refractivity contribution in [3.8, 4) is 0 Å². The molecule has 15 heavy (non-hydrogen) atoms. The van der Waals surface area contributed by atoms with Crippen molar-refractivity contribution >= 4 is 15.9 Å². The first kappa shape index (κ1) is 11.1. The van der Waals surface area contributed by atoms with E-state index < -0.39 is 0 Å². The summed E-state index contributed by atoms with van der Waals surface area (Å²) in [5, 5.41) is 0. The molecular formula is C12H16BrNO. The lowest BCUT2D eigenvalue weighted by Crippen LogP contribution is -2.16. The Morgan fingerprint density at radius 3 is 2.53 bits per heavy atom. The minimum atomic E-state index is 0.0544. The molecule has 0 amide bonds. The van der Waals surface area contributed by atoms with Gasteiger partial charge in [0.25, 0.3) is 0 Å². The van der Waals surface area contributed by atoms with Crippen molar-refractivity contribution in [2.45, 2.75) is 18.9 Å². The standard InChI is InChI=1S/C12H16BrNO/c13-11-5-3-10(4-6-11)12(7-14)15-8-9-1-2-9/h3-6,9,12H,1-2,7-8,14H2. The van der Waals surface area contributed by atoms with Crippen LogP contribution in [0.3, 0.4) is 0 Å². The summed E-state index contributed by atoms with van der Waals surface area (Å²) >= 11 is 3.42. The van der Waals surface area contributed by atoms with Gasteiger partial charge in [-0.1, -0.05) is 28.1 Å². The van der Waals surface area contributed by atoms with Gasteiger partial charge in [0, 0.05) is 11.0 Å². The Morgan fingerprint density at radius 2 is 2.00 bits per heavy atom. The minimum absolute atomic E-state index is 0.0544. The van der Waals surface area contributed by atoms with Crippen LogP contribution in [0.5, 0.6) is 0 Å². The summed E-state index contributed by atoms with van der Waals surface area (Å²) in [6.45, 7) is 1.41. The monoisotopic (exact) mass is 269 g/mol. The maximum atomic E-state index is 5.80. The summed E-state index contributed by atoms with van der Waals surface area (Å²) in [4.78, 5) is 0. The Hall–Kier alpha value is -0.380. The predicted molar refractivity (Wildman–Crippen MR) is 64.6 cm³/mol. The molecule has 1 fully saturated rings. The van der Waals surface area contributed by atoms with E-state index in [9.17, 15) is 0 Å². The Balaban J connectivity index is 1.94. The first-order valence-electron chi connectivity index (χ1n) is 5.36. The zero-order chi connectivity index (χ0) is 10.7. The van der Waals surface area contributed by atoms with Gasteiger partial charge in [0.15, 0.2) is 0 Å². The lowest BCUT2D eigenvalue weighted by molar-refractivity contribution is 0.0510. The van der Waals surface area contributed by atoms with E-state index in [4.69, 9.17) is 10.5 Å². The van der Waals surface area contributed by atoms with E-state index in [1.165, 1.54) is 18.4 Å². The van der Waals surface area contributed by atoms with E-state index >= 15 is 0 Å². The van der Waals surface area contributed by atoms with E-state index in [0.717, 1.165) is 17.0 Å². The van der Waals surface area contributed by atoms with Gasteiger partial charge in [-0.3, -0.25) is 0 Å². The average Bonchev–Trinajstić information content (AvgIpc) is 3.05. The van der Waals surface area contributed by atoms with E-state index in [0.29, 0.717) is 6.54 Å². The van der Waals surface area contributed by atoms with Crippen molar-refractivity contribution in [2.24, 2.45) is 11.7 Å². The number of hydrogen-bond acceptors (Lipinski definition) is 2. The van der Waals surface area contributed by atoms with Crippen LogP contribution in [0.4, 0.5) is 0 Å². The third kappa shape index (κ3) is 3.30. The van der Waals surface area contributed by atoms with Gasteiger partial charge in [-0.2, -0.15) is 0 Å². The van der Waals surface area contributed by atoms with Crippen LogP contribution in [0.25, 0.3) is 0 Å². The van der Waals surface area contributed by atoms with Gasteiger partial charge < -0.3 is 10.5 Å². The van der Waals surface area contributed by atoms with E-state index in [1.54, 1.807) is 0 Å². The second-order valence-electron chi connectivity index (χ2n) is 4.05. The molecule has 1 aliphatic rings. The lowest BCUT2D eigenvalue weighted by atomic mass is 10.1. The molecule has 1 saturated carbocycles. The summed E-state index contributed by atoms with van der Waals surface area (Å²) in [6, 6.07) is 8.18. The molecule has 2 nitrogen and oxygen atoms in total. The maximum Gasteiger partial charge on any atom is 0.0947 e. The second kappa shape index (κ2) is 5.10. The minimum Gasteiger partial charge on any atom is -0.372 e. The second-order valence-corrected chi connectivity index (χ2v) is 4.97. The molecule has 1 aromatic rings. The fourth-order valence-corrected chi connectivity index (χ4v) is 1.78. The third-order valence-corrected chi connectivity index (χ3v) is 3.21. The summed E-state index contributed by atoms with van der Waals surface area (Å²) in [7, 11) is 0. The molecule has 0 aromatic heterocycles. The van der Waals surface area contributed by atoms with Crippen LogP contribution in [0, 0.1) is 5.92 Å². The van der Waals surface area contributed by atoms with Gasteiger partial charge in [-0.05, 0) is 36.5 Å². The Labute approximate surface area is 98.9 Å². The highest BCUT2D eigenvalue weighted by Gasteiger charge is 2.23. The molecular weight excluding hydrogens is 254 g/mol. The highest BCUT2D eigenvalue weighted by atomic mass is 79.9. The molecule has 82 valence electrons. The Kier molecular flexibility index (Phi) is 3.78. The van der Waals surface area contributed by atoms with Crippen LogP contribution in [-0.4, -0.2) is 13.2 Å². The first-order valence-corrected chi connectivity index (χ1v) is 6.16. The van der Waals surface area contributed by atoms with Crippen LogP contribution in [0.1, 0.15) is 24.5 Å². The van der Waals surface area contributed by atoms with Crippen molar-refractivity contribution in [2.75, 3.05) is 13.2 Å². The van der Waals surface area contributed by atoms with E-state index in [1.807, 2.05) is 12.1 Å². The number of rotatable bonds is 5. The molecule has 0 saturated heterocycles. The quantitative estimate of drug-likeness (QED) is 0.892. The average molecular weight is 270 g/mol. The van der Waals surface area contributed by atoms with Gasteiger partial charge in [0.1, 0.15) is 0 Å². The topological polar surface area (TPSA) is 35.2 Å². The van der Waals surface area contributed by atoms with Gasteiger partial charge in [0.2, 0.25) is 0 Å².